The van der Waals surface area contributed by atoms with Crippen molar-refractivity contribution in [2.45, 2.75) is 19.4 Å². The lowest BCUT2D eigenvalue weighted by atomic mass is 9.96. The van der Waals surface area contributed by atoms with E-state index in [2.05, 4.69) is 10.2 Å². The molecule has 0 spiro atoms. The Hall–Kier alpha value is -3.05. The maximum atomic E-state index is 12.7. The molecule has 5 heteroatoms. The Balaban J connectivity index is 1.36. The topological polar surface area (TPSA) is 65.7 Å². The minimum Gasteiger partial charge on any atom is -0.508 e. The summed E-state index contributed by atoms with van der Waals surface area (Å²) in [7, 11) is 0. The predicted molar refractivity (Wildman–Crippen MR) is 109 cm³/mol. The second-order valence-corrected chi connectivity index (χ2v) is 7.25. The molecule has 2 heterocycles. The van der Waals surface area contributed by atoms with Crippen LogP contribution >= 0.6 is 0 Å². The highest BCUT2D eigenvalue weighted by molar-refractivity contribution is 5.93. The van der Waals surface area contributed by atoms with E-state index in [0.717, 1.165) is 42.0 Å². The van der Waals surface area contributed by atoms with Gasteiger partial charge in [0.15, 0.2) is 0 Å². The van der Waals surface area contributed by atoms with E-state index in [1.165, 1.54) is 0 Å². The number of nitrogens with one attached hydrogen (secondary N) is 1. The number of likely N-dealkylation sites (tertiary alicyclic amines) is 1. The molecule has 0 aliphatic carbocycles. The Labute approximate surface area is 164 Å². The number of carbonyl (C=O) groups excluding carboxylic acids is 1. The summed E-state index contributed by atoms with van der Waals surface area (Å²) in [4.78, 5) is 15.0. The van der Waals surface area contributed by atoms with Gasteiger partial charge in [-0.25, -0.2) is 0 Å². The smallest absolute Gasteiger partial charge is 0.228 e. The molecule has 1 atom stereocenters. The molecule has 28 heavy (non-hydrogen) atoms. The molecular weight excluding hydrogens is 352 g/mol. The maximum absolute atomic E-state index is 12.7. The Kier molecular flexibility index (Phi) is 5.44. The van der Waals surface area contributed by atoms with Crippen LogP contribution in [0.2, 0.25) is 0 Å². The molecule has 0 radical (unpaired) electrons. The number of para-hydroxylation sites is 1. The van der Waals surface area contributed by atoms with Crippen molar-refractivity contribution in [2.24, 2.45) is 5.92 Å². The molecule has 1 aliphatic rings. The SMILES string of the molecule is O=C(Nc1ccc(-c2ccco2)cc1)[C@@H]1CCCN(Cc2ccccc2O)C1. The molecule has 5 nitrogen and oxygen atoms in total. The highest BCUT2D eigenvalue weighted by Crippen LogP contribution is 2.25. The number of hydrogen-bond donors (Lipinski definition) is 2. The molecule has 1 aromatic heterocycles. The van der Waals surface area contributed by atoms with E-state index in [9.17, 15) is 9.90 Å². The molecule has 0 unspecified atom stereocenters. The standard InChI is InChI=1S/C23H24N2O3/c26-21-7-2-1-5-18(21)15-25-13-3-6-19(16-25)23(27)24-20-11-9-17(10-12-20)22-8-4-14-28-22/h1-2,4-5,7-12,14,19,26H,3,6,13,15-16H2,(H,24,27)/t19-/m1/s1. The number of hydrogen-bond acceptors (Lipinski definition) is 4. The number of amides is 1. The van der Waals surface area contributed by atoms with Crippen molar-refractivity contribution in [2.75, 3.05) is 18.4 Å². The van der Waals surface area contributed by atoms with Gasteiger partial charge in [0, 0.05) is 29.9 Å². The molecule has 144 valence electrons. The first-order valence-corrected chi connectivity index (χ1v) is 9.63. The van der Waals surface area contributed by atoms with E-state index in [4.69, 9.17) is 4.42 Å². The van der Waals surface area contributed by atoms with Crippen molar-refractivity contribution in [3.05, 3.63) is 72.5 Å². The van der Waals surface area contributed by atoms with Crippen LogP contribution < -0.4 is 5.32 Å². The lowest BCUT2D eigenvalue weighted by Crippen LogP contribution is -2.40. The fourth-order valence-electron chi connectivity index (χ4n) is 3.70. The van der Waals surface area contributed by atoms with Gasteiger partial charge in [-0.3, -0.25) is 9.69 Å². The van der Waals surface area contributed by atoms with Gasteiger partial charge >= 0.3 is 0 Å². The average molecular weight is 376 g/mol. The number of phenols is 1. The Bertz CT molecular complexity index is 919. The second kappa shape index (κ2) is 8.31. The van der Waals surface area contributed by atoms with Gasteiger partial charge in [0.1, 0.15) is 11.5 Å². The van der Waals surface area contributed by atoms with Crippen molar-refractivity contribution in [1.29, 1.82) is 0 Å². The third-order valence-electron chi connectivity index (χ3n) is 5.22. The van der Waals surface area contributed by atoms with E-state index >= 15 is 0 Å². The number of aromatic hydroxyl groups is 1. The summed E-state index contributed by atoms with van der Waals surface area (Å²) in [5.41, 5.74) is 2.67. The normalized spacial score (nSPS) is 17.4. The minimum atomic E-state index is -0.0515. The van der Waals surface area contributed by atoms with Crippen LogP contribution in [0.15, 0.2) is 71.3 Å². The number of furan rings is 1. The quantitative estimate of drug-likeness (QED) is 0.688. The molecule has 4 rings (SSSR count). The van der Waals surface area contributed by atoms with Crippen LogP contribution in [0.25, 0.3) is 11.3 Å². The van der Waals surface area contributed by atoms with Crippen molar-refractivity contribution in [3.63, 3.8) is 0 Å². The Morgan fingerprint density at radius 3 is 2.68 bits per heavy atom. The number of rotatable bonds is 5. The molecule has 0 bridgehead atoms. The lowest BCUT2D eigenvalue weighted by Gasteiger charge is -2.32. The van der Waals surface area contributed by atoms with E-state index in [-0.39, 0.29) is 11.8 Å². The van der Waals surface area contributed by atoms with Gasteiger partial charge < -0.3 is 14.8 Å². The van der Waals surface area contributed by atoms with Crippen LogP contribution in [0.3, 0.4) is 0 Å². The van der Waals surface area contributed by atoms with Crippen molar-refractivity contribution < 1.29 is 14.3 Å². The number of anilines is 1. The first-order valence-electron chi connectivity index (χ1n) is 9.63. The predicted octanol–water partition coefficient (Wildman–Crippen LogP) is 4.50. The Morgan fingerprint density at radius 1 is 1.11 bits per heavy atom. The third-order valence-corrected chi connectivity index (χ3v) is 5.22. The third kappa shape index (κ3) is 4.26. The van der Waals surface area contributed by atoms with Crippen molar-refractivity contribution in [1.82, 2.24) is 4.90 Å². The summed E-state index contributed by atoms with van der Waals surface area (Å²) in [6.07, 6.45) is 3.51. The molecule has 2 aromatic carbocycles. The summed E-state index contributed by atoms with van der Waals surface area (Å²) in [5, 5.41) is 13.0. The first kappa shape index (κ1) is 18.3. The summed E-state index contributed by atoms with van der Waals surface area (Å²) < 4.78 is 5.39. The van der Waals surface area contributed by atoms with Gasteiger partial charge in [-0.2, -0.15) is 0 Å². The maximum Gasteiger partial charge on any atom is 0.228 e. The van der Waals surface area contributed by atoms with Crippen LogP contribution in [0.1, 0.15) is 18.4 Å². The molecule has 1 fully saturated rings. The number of benzene rings is 2. The monoisotopic (exact) mass is 376 g/mol. The van der Waals surface area contributed by atoms with Gasteiger partial charge in [0.2, 0.25) is 5.91 Å². The average Bonchev–Trinajstić information content (AvgIpc) is 3.25. The largest absolute Gasteiger partial charge is 0.508 e. The van der Waals surface area contributed by atoms with Crippen LogP contribution in [0, 0.1) is 5.92 Å². The summed E-state index contributed by atoms with van der Waals surface area (Å²) in [6, 6.07) is 18.8. The van der Waals surface area contributed by atoms with Gasteiger partial charge in [0.25, 0.3) is 0 Å². The van der Waals surface area contributed by atoms with E-state index in [1.54, 1.807) is 12.3 Å². The number of carbonyl (C=O) groups is 1. The first-order chi connectivity index (χ1) is 13.7. The molecule has 2 N–H and O–H groups in total. The zero-order valence-corrected chi connectivity index (χ0v) is 15.7. The van der Waals surface area contributed by atoms with Gasteiger partial charge in [-0.05, 0) is 61.9 Å². The number of piperidine rings is 1. The number of nitrogens with zero attached hydrogens (tertiary/aromatic N) is 1. The summed E-state index contributed by atoms with van der Waals surface area (Å²) >= 11 is 0. The van der Waals surface area contributed by atoms with Crippen LogP contribution in [-0.4, -0.2) is 29.0 Å². The summed E-state index contributed by atoms with van der Waals surface area (Å²) in [6.45, 7) is 2.30. The van der Waals surface area contributed by atoms with Gasteiger partial charge in [-0.15, -0.1) is 0 Å². The molecular formula is C23H24N2O3. The molecule has 1 aliphatic heterocycles. The van der Waals surface area contributed by atoms with Crippen LogP contribution in [-0.2, 0) is 11.3 Å². The molecule has 1 saturated heterocycles. The highest BCUT2D eigenvalue weighted by Gasteiger charge is 2.26. The zero-order chi connectivity index (χ0) is 19.3. The molecule has 0 saturated carbocycles. The van der Waals surface area contributed by atoms with Gasteiger partial charge in [-0.1, -0.05) is 18.2 Å². The lowest BCUT2D eigenvalue weighted by molar-refractivity contribution is -0.121. The van der Waals surface area contributed by atoms with Crippen LogP contribution in [0.5, 0.6) is 5.75 Å². The fraction of sp³-hybridized carbons (Fsp3) is 0.261. The van der Waals surface area contributed by atoms with E-state index < -0.39 is 0 Å². The zero-order valence-electron chi connectivity index (χ0n) is 15.7. The number of phenolic OH excluding ortho intramolecular Hbond substituents is 1. The van der Waals surface area contributed by atoms with E-state index in [1.807, 2.05) is 54.6 Å². The highest BCUT2D eigenvalue weighted by atomic mass is 16.3. The van der Waals surface area contributed by atoms with Crippen molar-refractivity contribution in [3.8, 4) is 17.1 Å². The second-order valence-electron chi connectivity index (χ2n) is 7.25. The molecule has 3 aromatic rings. The van der Waals surface area contributed by atoms with Crippen LogP contribution in [0.4, 0.5) is 5.69 Å². The Morgan fingerprint density at radius 2 is 1.93 bits per heavy atom. The minimum absolute atomic E-state index is 0.0488. The molecule has 1 amide bonds. The summed E-state index contributed by atoms with van der Waals surface area (Å²) in [5.74, 6) is 1.12. The fourth-order valence-corrected chi connectivity index (χ4v) is 3.70. The van der Waals surface area contributed by atoms with Gasteiger partial charge in [0.05, 0.1) is 12.2 Å². The van der Waals surface area contributed by atoms with E-state index in [0.29, 0.717) is 18.8 Å². The van der Waals surface area contributed by atoms with Crippen molar-refractivity contribution >= 4 is 11.6 Å².